The van der Waals surface area contributed by atoms with Gasteiger partial charge in [0.2, 0.25) is 5.91 Å². The summed E-state index contributed by atoms with van der Waals surface area (Å²) in [4.78, 5) is 31.8. The Balaban J connectivity index is 1.72. The van der Waals surface area contributed by atoms with Gasteiger partial charge in [-0.3, -0.25) is 9.59 Å². The minimum Gasteiger partial charge on any atom is -0.493 e. The Morgan fingerprint density at radius 2 is 1.81 bits per heavy atom. The van der Waals surface area contributed by atoms with E-state index in [0.29, 0.717) is 23.6 Å². The average molecular weight is 433 g/mol. The van der Waals surface area contributed by atoms with E-state index >= 15 is 0 Å². The van der Waals surface area contributed by atoms with Crippen molar-refractivity contribution in [2.45, 2.75) is 38.6 Å². The van der Waals surface area contributed by atoms with Crippen LogP contribution < -0.4 is 15.0 Å². The van der Waals surface area contributed by atoms with Crippen molar-refractivity contribution in [3.63, 3.8) is 0 Å². The maximum absolute atomic E-state index is 13.4. The van der Waals surface area contributed by atoms with Crippen LogP contribution in [0.4, 0.5) is 0 Å². The third-order valence-electron chi connectivity index (χ3n) is 7.02. The molecule has 6 heteroatoms. The highest BCUT2D eigenvalue weighted by Crippen LogP contribution is 2.42. The second kappa shape index (κ2) is 8.01. The Hall–Kier alpha value is -3.28. The van der Waals surface area contributed by atoms with Gasteiger partial charge >= 0.3 is 0 Å². The van der Waals surface area contributed by atoms with E-state index < -0.39 is 6.04 Å². The van der Waals surface area contributed by atoms with Crippen LogP contribution in [0.1, 0.15) is 47.6 Å². The molecule has 0 radical (unpaired) electrons. The van der Waals surface area contributed by atoms with E-state index in [-0.39, 0.29) is 17.4 Å². The molecule has 6 nitrogen and oxygen atoms in total. The van der Waals surface area contributed by atoms with Crippen LogP contribution >= 0.6 is 0 Å². The molecule has 1 fully saturated rings. The van der Waals surface area contributed by atoms with Crippen LogP contribution in [0.2, 0.25) is 0 Å². The number of methoxy groups -OCH3 is 2. The molecular formula is C26H28N2O4. The largest absolute Gasteiger partial charge is 0.493 e. The summed E-state index contributed by atoms with van der Waals surface area (Å²) in [5.74, 6) is 1.46. The number of nitrogens with one attached hydrogen (secondary N) is 1. The number of fused-ring (bicyclic) bond motifs is 2. The lowest BCUT2D eigenvalue weighted by atomic mass is 9.81. The molecule has 1 aromatic heterocycles. The predicted molar refractivity (Wildman–Crippen MR) is 123 cm³/mol. The van der Waals surface area contributed by atoms with Crippen molar-refractivity contribution < 1.29 is 14.3 Å². The van der Waals surface area contributed by atoms with E-state index in [0.717, 1.165) is 53.3 Å². The van der Waals surface area contributed by atoms with Crippen molar-refractivity contribution in [1.29, 1.82) is 0 Å². The Morgan fingerprint density at radius 3 is 2.50 bits per heavy atom. The van der Waals surface area contributed by atoms with Gasteiger partial charge in [-0.2, -0.15) is 0 Å². The second-order valence-electron chi connectivity index (χ2n) is 8.81. The van der Waals surface area contributed by atoms with Crippen molar-refractivity contribution >= 4 is 16.8 Å². The van der Waals surface area contributed by atoms with Gasteiger partial charge in [0.25, 0.3) is 5.56 Å². The normalized spacial score (nSPS) is 18.2. The molecule has 32 heavy (non-hydrogen) atoms. The summed E-state index contributed by atoms with van der Waals surface area (Å²) in [5.41, 5.74) is 4.29. The van der Waals surface area contributed by atoms with E-state index in [2.05, 4.69) is 4.98 Å². The first-order valence-electron chi connectivity index (χ1n) is 11.2. The van der Waals surface area contributed by atoms with Crippen LogP contribution in [0.3, 0.4) is 0 Å². The zero-order chi connectivity index (χ0) is 22.4. The highest BCUT2D eigenvalue weighted by atomic mass is 16.5. The molecule has 1 aliphatic heterocycles. The fourth-order valence-electron chi connectivity index (χ4n) is 5.01. The summed E-state index contributed by atoms with van der Waals surface area (Å²) in [5, 5.41) is 0.961. The Morgan fingerprint density at radius 1 is 1.06 bits per heavy atom. The van der Waals surface area contributed by atoms with E-state index in [1.54, 1.807) is 14.2 Å². The molecule has 0 saturated heterocycles. The molecule has 3 aromatic rings. The van der Waals surface area contributed by atoms with Crippen molar-refractivity contribution in [2.24, 2.45) is 5.92 Å². The summed E-state index contributed by atoms with van der Waals surface area (Å²) < 4.78 is 11.1. The molecule has 0 unspecified atom stereocenters. The quantitative estimate of drug-likeness (QED) is 0.673. The molecule has 1 N–H and O–H groups in total. The third kappa shape index (κ3) is 3.25. The lowest BCUT2D eigenvalue weighted by Crippen LogP contribution is -2.46. The minimum atomic E-state index is -0.458. The number of hydrogen-bond donors (Lipinski definition) is 1. The van der Waals surface area contributed by atoms with Gasteiger partial charge in [0.05, 0.1) is 25.8 Å². The number of carbonyl (C=O) groups is 1. The third-order valence-corrected chi connectivity index (χ3v) is 7.02. The van der Waals surface area contributed by atoms with Crippen molar-refractivity contribution in [3.8, 4) is 11.5 Å². The standard InChI is InChI=1S/C26H28N2O4/c1-15-6-4-9-18-12-20(25(29)27-23(15)18)24-19-14-22(32-3)21(31-2)13-17(19)10-11-28(24)26(30)16-7-5-8-16/h4,6,9,12-14,16,24H,5,7-8,10-11H2,1-3H3,(H,27,29)/t24-/m1/s1. The van der Waals surface area contributed by atoms with Gasteiger partial charge in [-0.05, 0) is 66.5 Å². The summed E-state index contributed by atoms with van der Waals surface area (Å²) in [6.45, 7) is 2.56. The van der Waals surface area contributed by atoms with E-state index in [4.69, 9.17) is 9.47 Å². The number of aromatic amines is 1. The number of aromatic nitrogens is 1. The van der Waals surface area contributed by atoms with Gasteiger partial charge in [-0.15, -0.1) is 0 Å². The van der Waals surface area contributed by atoms with Crippen molar-refractivity contribution in [3.05, 3.63) is 69.0 Å². The molecule has 1 aliphatic carbocycles. The van der Waals surface area contributed by atoms with E-state index in [1.165, 1.54) is 0 Å². The number of H-pyrrole nitrogens is 1. The van der Waals surface area contributed by atoms with Crippen LogP contribution in [0.25, 0.3) is 10.9 Å². The minimum absolute atomic E-state index is 0.0565. The van der Waals surface area contributed by atoms with Gasteiger partial charge in [-0.25, -0.2) is 0 Å². The molecule has 2 heterocycles. The topological polar surface area (TPSA) is 71.6 Å². The predicted octanol–water partition coefficient (Wildman–Crippen LogP) is 4.13. The number of para-hydroxylation sites is 1. The van der Waals surface area contributed by atoms with Crippen LogP contribution in [-0.4, -0.2) is 36.6 Å². The maximum Gasteiger partial charge on any atom is 0.254 e. The summed E-state index contributed by atoms with van der Waals surface area (Å²) in [6, 6.07) is 11.4. The maximum atomic E-state index is 13.4. The zero-order valence-electron chi connectivity index (χ0n) is 18.7. The van der Waals surface area contributed by atoms with Gasteiger partial charge in [-0.1, -0.05) is 24.6 Å². The van der Waals surface area contributed by atoms with Crippen LogP contribution in [-0.2, 0) is 11.2 Å². The van der Waals surface area contributed by atoms with Gasteiger partial charge in [0.1, 0.15) is 0 Å². The number of aryl methyl sites for hydroxylation is 1. The lowest BCUT2D eigenvalue weighted by molar-refractivity contribution is -0.140. The lowest BCUT2D eigenvalue weighted by Gasteiger charge is -2.41. The summed E-state index contributed by atoms with van der Waals surface area (Å²) in [6.07, 6.45) is 3.66. The number of pyridine rings is 1. The molecule has 0 bridgehead atoms. The summed E-state index contributed by atoms with van der Waals surface area (Å²) >= 11 is 0. The van der Waals surface area contributed by atoms with Crippen molar-refractivity contribution in [2.75, 3.05) is 20.8 Å². The number of rotatable bonds is 4. The molecule has 2 aromatic carbocycles. The van der Waals surface area contributed by atoms with E-state index in [9.17, 15) is 9.59 Å². The SMILES string of the molecule is COc1cc2c(cc1OC)[C@H](c1cc3cccc(C)c3[nH]c1=O)N(C(=O)C1CCC1)CC2. The van der Waals surface area contributed by atoms with Crippen LogP contribution in [0, 0.1) is 12.8 Å². The van der Waals surface area contributed by atoms with E-state index in [1.807, 2.05) is 48.2 Å². The van der Waals surface area contributed by atoms with Crippen LogP contribution in [0.15, 0.2) is 41.2 Å². The molecule has 166 valence electrons. The van der Waals surface area contributed by atoms with Crippen LogP contribution in [0.5, 0.6) is 11.5 Å². The highest BCUT2D eigenvalue weighted by molar-refractivity contribution is 5.84. The van der Waals surface area contributed by atoms with Gasteiger partial charge in [0, 0.05) is 18.0 Å². The van der Waals surface area contributed by atoms with Gasteiger partial charge in [0.15, 0.2) is 11.5 Å². The summed E-state index contributed by atoms with van der Waals surface area (Å²) in [7, 11) is 3.22. The molecule has 1 amide bonds. The monoisotopic (exact) mass is 432 g/mol. The fraction of sp³-hybridized carbons (Fsp3) is 0.385. The Kier molecular flexibility index (Phi) is 5.16. The first kappa shape index (κ1) is 20.6. The first-order valence-corrected chi connectivity index (χ1v) is 11.2. The molecule has 5 rings (SSSR count). The average Bonchev–Trinajstić information content (AvgIpc) is 2.76. The molecular weight excluding hydrogens is 404 g/mol. The highest BCUT2D eigenvalue weighted by Gasteiger charge is 2.39. The number of hydrogen-bond acceptors (Lipinski definition) is 4. The first-order chi connectivity index (χ1) is 15.5. The number of carbonyl (C=O) groups excluding carboxylic acids is 1. The number of benzene rings is 2. The Bertz CT molecular complexity index is 1260. The molecule has 1 atom stereocenters. The zero-order valence-corrected chi connectivity index (χ0v) is 18.7. The molecule has 0 spiro atoms. The van der Waals surface area contributed by atoms with Gasteiger partial charge < -0.3 is 19.4 Å². The smallest absolute Gasteiger partial charge is 0.254 e. The number of nitrogens with zero attached hydrogens (tertiary/aromatic N) is 1. The number of amides is 1. The second-order valence-corrected chi connectivity index (χ2v) is 8.81. The fourth-order valence-corrected chi connectivity index (χ4v) is 5.01. The molecule has 2 aliphatic rings. The number of ether oxygens (including phenoxy) is 2. The Labute approximate surface area is 187 Å². The van der Waals surface area contributed by atoms with Crippen molar-refractivity contribution in [1.82, 2.24) is 9.88 Å². The molecule has 1 saturated carbocycles.